The van der Waals surface area contributed by atoms with Crippen molar-refractivity contribution in [3.8, 4) is 17.2 Å². The first-order chi connectivity index (χ1) is 16.2. The molecule has 0 atom stereocenters. The average molecular weight is 470 g/mol. The number of hydrazone groups is 1. The van der Waals surface area contributed by atoms with Crippen LogP contribution in [-0.4, -0.2) is 65.9 Å². The van der Waals surface area contributed by atoms with Crippen molar-refractivity contribution in [2.24, 2.45) is 10.5 Å². The van der Waals surface area contributed by atoms with E-state index in [1.165, 1.54) is 11.1 Å². The molecule has 2 heterocycles. The number of likely N-dealkylation sites (tertiary alicyclic amines) is 1. The number of piperidine rings is 1. The highest BCUT2D eigenvalue weighted by Crippen LogP contribution is 2.37. The maximum absolute atomic E-state index is 14.1. The van der Waals surface area contributed by atoms with Crippen LogP contribution in [0.2, 0.25) is 0 Å². The lowest BCUT2D eigenvalue weighted by molar-refractivity contribution is -0.137. The van der Waals surface area contributed by atoms with Gasteiger partial charge >= 0.3 is 0 Å². The van der Waals surface area contributed by atoms with Crippen molar-refractivity contribution < 1.29 is 28.6 Å². The molecule has 2 aromatic rings. The van der Waals surface area contributed by atoms with Crippen LogP contribution >= 0.6 is 0 Å². The largest absolute Gasteiger partial charge is 0.508 e. The SMILES string of the molecule is COc1ccc(C2=NN(C3CCN(C(=O)c4cc(O)ccc4F)CC3)C(=O)C2(C)C)cc1OC. The zero-order valence-electron chi connectivity index (χ0n) is 19.7. The van der Waals surface area contributed by atoms with Crippen molar-refractivity contribution >= 4 is 17.5 Å². The van der Waals surface area contributed by atoms with E-state index in [0.29, 0.717) is 43.1 Å². The van der Waals surface area contributed by atoms with Gasteiger partial charge in [0, 0.05) is 18.7 Å². The molecule has 8 nitrogen and oxygen atoms in total. The number of aromatic hydroxyl groups is 1. The summed E-state index contributed by atoms with van der Waals surface area (Å²) in [5, 5.41) is 15.9. The van der Waals surface area contributed by atoms with Crippen LogP contribution < -0.4 is 9.47 Å². The molecule has 9 heteroatoms. The first-order valence-electron chi connectivity index (χ1n) is 11.1. The zero-order chi connectivity index (χ0) is 24.6. The molecule has 34 heavy (non-hydrogen) atoms. The van der Waals surface area contributed by atoms with Crippen LogP contribution in [0.15, 0.2) is 41.5 Å². The zero-order valence-corrected chi connectivity index (χ0v) is 19.7. The molecule has 0 bridgehead atoms. The molecule has 2 amide bonds. The van der Waals surface area contributed by atoms with E-state index in [1.54, 1.807) is 31.3 Å². The fraction of sp³-hybridized carbons (Fsp3) is 0.400. The van der Waals surface area contributed by atoms with Gasteiger partial charge < -0.3 is 19.5 Å². The summed E-state index contributed by atoms with van der Waals surface area (Å²) in [5.74, 6) is -0.288. The molecule has 2 aliphatic heterocycles. The number of nitrogens with zero attached hydrogens (tertiary/aromatic N) is 3. The van der Waals surface area contributed by atoms with Crippen LogP contribution in [0, 0.1) is 11.2 Å². The van der Waals surface area contributed by atoms with E-state index in [0.717, 1.165) is 17.7 Å². The highest BCUT2D eigenvalue weighted by molar-refractivity contribution is 6.19. The number of carbonyl (C=O) groups is 2. The molecule has 0 aliphatic carbocycles. The molecule has 0 aromatic heterocycles. The average Bonchev–Trinajstić information content (AvgIpc) is 3.08. The van der Waals surface area contributed by atoms with Crippen LogP contribution in [0.1, 0.15) is 42.6 Å². The van der Waals surface area contributed by atoms with Crippen molar-refractivity contribution in [2.75, 3.05) is 27.3 Å². The summed E-state index contributed by atoms with van der Waals surface area (Å²) in [7, 11) is 3.12. The smallest absolute Gasteiger partial charge is 0.256 e. The number of halogens is 1. The van der Waals surface area contributed by atoms with Crippen molar-refractivity contribution in [3.05, 3.63) is 53.3 Å². The summed E-state index contributed by atoms with van der Waals surface area (Å²) in [5.41, 5.74) is 0.409. The third-order valence-corrected chi connectivity index (χ3v) is 6.48. The molecule has 180 valence electrons. The highest BCUT2D eigenvalue weighted by Gasteiger charge is 2.47. The van der Waals surface area contributed by atoms with E-state index < -0.39 is 17.1 Å². The molecular formula is C25H28FN3O5. The van der Waals surface area contributed by atoms with E-state index in [4.69, 9.17) is 14.6 Å². The topological polar surface area (TPSA) is 91.7 Å². The summed E-state index contributed by atoms with van der Waals surface area (Å²) in [6.45, 7) is 4.39. The van der Waals surface area contributed by atoms with Gasteiger partial charge in [-0.15, -0.1) is 0 Å². The quantitative estimate of drug-likeness (QED) is 0.725. The molecule has 0 saturated carbocycles. The maximum atomic E-state index is 14.1. The molecule has 1 fully saturated rings. The van der Waals surface area contributed by atoms with E-state index in [-0.39, 0.29) is 23.3 Å². The minimum atomic E-state index is -0.836. The Morgan fingerprint density at radius 2 is 1.76 bits per heavy atom. The lowest BCUT2D eigenvalue weighted by Crippen LogP contribution is -2.47. The van der Waals surface area contributed by atoms with Crippen molar-refractivity contribution in [2.45, 2.75) is 32.7 Å². The second-order valence-corrected chi connectivity index (χ2v) is 8.98. The number of hydrogen-bond donors (Lipinski definition) is 1. The van der Waals surface area contributed by atoms with Gasteiger partial charge in [0.25, 0.3) is 11.8 Å². The lowest BCUT2D eigenvalue weighted by atomic mass is 9.83. The molecule has 2 aromatic carbocycles. The molecule has 1 saturated heterocycles. The van der Waals surface area contributed by atoms with Gasteiger partial charge in [-0.3, -0.25) is 9.59 Å². The Kier molecular flexibility index (Phi) is 6.20. The predicted octanol–water partition coefficient (Wildman–Crippen LogP) is 3.43. The van der Waals surface area contributed by atoms with Crippen molar-refractivity contribution in [1.82, 2.24) is 9.91 Å². The second-order valence-electron chi connectivity index (χ2n) is 8.98. The highest BCUT2D eigenvalue weighted by atomic mass is 19.1. The fourth-order valence-electron chi connectivity index (χ4n) is 4.48. The minimum Gasteiger partial charge on any atom is -0.508 e. The molecule has 1 N–H and O–H groups in total. The number of benzene rings is 2. The first kappa shape index (κ1) is 23.5. The number of phenols is 1. The van der Waals surface area contributed by atoms with Gasteiger partial charge in [-0.05, 0) is 63.1 Å². The van der Waals surface area contributed by atoms with E-state index in [1.807, 2.05) is 19.9 Å². The third-order valence-electron chi connectivity index (χ3n) is 6.48. The Balaban J connectivity index is 1.52. The Hall–Kier alpha value is -3.62. The number of phenolic OH excluding ortho intramolecular Hbond substituents is 1. The maximum Gasteiger partial charge on any atom is 0.256 e. The number of carbonyl (C=O) groups excluding carboxylic acids is 2. The van der Waals surface area contributed by atoms with Crippen LogP contribution in [0.25, 0.3) is 0 Å². The van der Waals surface area contributed by atoms with Gasteiger partial charge in [0.05, 0.1) is 37.0 Å². The summed E-state index contributed by atoms with van der Waals surface area (Å²) in [4.78, 5) is 27.6. The predicted molar refractivity (Wildman–Crippen MR) is 124 cm³/mol. The van der Waals surface area contributed by atoms with Crippen molar-refractivity contribution in [1.29, 1.82) is 0 Å². The monoisotopic (exact) mass is 469 g/mol. The number of rotatable bonds is 5. The van der Waals surface area contributed by atoms with Gasteiger partial charge in [0.1, 0.15) is 11.6 Å². The normalized spacial score (nSPS) is 18.1. The minimum absolute atomic E-state index is 0.110. The van der Waals surface area contributed by atoms with Gasteiger partial charge in [-0.1, -0.05) is 0 Å². The van der Waals surface area contributed by atoms with Gasteiger partial charge in [-0.2, -0.15) is 5.10 Å². The lowest BCUT2D eigenvalue weighted by Gasteiger charge is -2.35. The second kappa shape index (κ2) is 8.96. The molecule has 4 rings (SSSR count). The Morgan fingerprint density at radius 1 is 1.09 bits per heavy atom. The fourth-order valence-corrected chi connectivity index (χ4v) is 4.48. The van der Waals surface area contributed by atoms with Crippen LogP contribution in [0.4, 0.5) is 4.39 Å². The molecule has 0 unspecified atom stereocenters. The van der Waals surface area contributed by atoms with Crippen LogP contribution in [0.5, 0.6) is 17.2 Å². The third kappa shape index (κ3) is 4.06. The summed E-state index contributed by atoms with van der Waals surface area (Å²) in [6.07, 6.45) is 1.02. The number of hydrogen-bond acceptors (Lipinski definition) is 6. The van der Waals surface area contributed by atoms with Gasteiger partial charge in [0.2, 0.25) is 0 Å². The summed E-state index contributed by atoms with van der Waals surface area (Å²) < 4.78 is 24.8. The molecular weight excluding hydrogens is 441 g/mol. The van der Waals surface area contributed by atoms with Gasteiger partial charge in [0.15, 0.2) is 11.5 Å². The van der Waals surface area contributed by atoms with Gasteiger partial charge in [-0.25, -0.2) is 9.40 Å². The number of methoxy groups -OCH3 is 2. The standard InChI is InChI=1S/C25H28FN3O5/c1-25(2)22(15-5-8-20(33-3)21(13-15)34-4)27-29(24(25)32)16-9-11-28(12-10-16)23(31)18-14-17(30)6-7-19(18)26/h5-8,13-14,16,30H,9-12H2,1-4H3. The Labute approximate surface area is 197 Å². The molecule has 2 aliphatic rings. The van der Waals surface area contributed by atoms with Crippen LogP contribution in [-0.2, 0) is 4.79 Å². The summed E-state index contributed by atoms with van der Waals surface area (Å²) >= 11 is 0. The Morgan fingerprint density at radius 3 is 2.41 bits per heavy atom. The molecule has 0 spiro atoms. The number of ether oxygens (including phenoxy) is 2. The van der Waals surface area contributed by atoms with E-state index in [9.17, 15) is 19.1 Å². The summed E-state index contributed by atoms with van der Waals surface area (Å²) in [6, 6.07) is 8.67. The Bertz CT molecular complexity index is 1160. The molecule has 0 radical (unpaired) electrons. The van der Waals surface area contributed by atoms with Crippen molar-refractivity contribution in [3.63, 3.8) is 0 Å². The van der Waals surface area contributed by atoms with Crippen LogP contribution in [0.3, 0.4) is 0 Å². The first-order valence-corrected chi connectivity index (χ1v) is 11.1. The number of amides is 2. The van der Waals surface area contributed by atoms with E-state index >= 15 is 0 Å². The van der Waals surface area contributed by atoms with E-state index in [2.05, 4.69) is 0 Å².